The highest BCUT2D eigenvalue weighted by molar-refractivity contribution is 6.04. The van der Waals surface area contributed by atoms with Crippen LogP contribution in [0, 0.1) is 13.8 Å². The minimum atomic E-state index is 0.361. The largest absolute Gasteiger partial charge is 0.382 e. The van der Waals surface area contributed by atoms with Gasteiger partial charge >= 0.3 is 0 Å². The number of pyridine rings is 1. The number of allylic oxidation sites excluding steroid dienone is 2. The van der Waals surface area contributed by atoms with Crippen LogP contribution in [0.25, 0.3) is 27.9 Å². The van der Waals surface area contributed by atoms with Crippen LogP contribution in [-0.4, -0.2) is 20.4 Å². The SMILES string of the molecule is CCc1nc2c(C)cc(C)nc2n1Cc1ccc(-c2cc(C3=CCCCC3)ccc2/C(N)=N/NN)cc1. The molecule has 0 atom stereocenters. The van der Waals surface area contributed by atoms with E-state index in [1.165, 1.54) is 29.5 Å². The van der Waals surface area contributed by atoms with Crippen LogP contribution in [0.15, 0.2) is 59.7 Å². The molecule has 1 aliphatic carbocycles. The summed E-state index contributed by atoms with van der Waals surface area (Å²) in [4.78, 5) is 9.71. The number of imidazole rings is 1. The molecule has 7 heteroatoms. The number of rotatable bonds is 7. The lowest BCUT2D eigenvalue weighted by atomic mass is 9.89. The molecule has 0 radical (unpaired) electrons. The third-order valence-corrected chi connectivity index (χ3v) is 7.17. The van der Waals surface area contributed by atoms with Crippen LogP contribution in [0.3, 0.4) is 0 Å². The van der Waals surface area contributed by atoms with Gasteiger partial charge in [0, 0.05) is 17.7 Å². The molecule has 4 aromatic rings. The van der Waals surface area contributed by atoms with E-state index in [-0.39, 0.29) is 0 Å². The zero-order chi connectivity index (χ0) is 25.9. The predicted molar refractivity (Wildman–Crippen MR) is 152 cm³/mol. The maximum absolute atomic E-state index is 6.28. The van der Waals surface area contributed by atoms with Crippen molar-refractivity contribution in [2.24, 2.45) is 16.7 Å². The van der Waals surface area contributed by atoms with Crippen LogP contribution in [0.4, 0.5) is 0 Å². The molecule has 0 saturated carbocycles. The van der Waals surface area contributed by atoms with Crippen molar-refractivity contribution in [1.29, 1.82) is 0 Å². The number of hydrogen-bond acceptors (Lipinski definition) is 5. The second kappa shape index (κ2) is 10.6. The summed E-state index contributed by atoms with van der Waals surface area (Å²) >= 11 is 0. The number of benzene rings is 2. The Labute approximate surface area is 218 Å². The Morgan fingerprint density at radius 1 is 1.03 bits per heavy atom. The Morgan fingerprint density at radius 3 is 2.51 bits per heavy atom. The zero-order valence-corrected chi connectivity index (χ0v) is 21.9. The van der Waals surface area contributed by atoms with Crippen molar-refractivity contribution in [3.63, 3.8) is 0 Å². The number of hydrogen-bond donors (Lipinski definition) is 3. The summed E-state index contributed by atoms with van der Waals surface area (Å²) in [6.07, 6.45) is 7.96. The average Bonchev–Trinajstić information content (AvgIpc) is 3.27. The molecule has 0 spiro atoms. The molecule has 0 amide bonds. The van der Waals surface area contributed by atoms with Crippen molar-refractivity contribution in [3.05, 3.63) is 88.4 Å². The summed E-state index contributed by atoms with van der Waals surface area (Å²) in [6.45, 7) is 7.00. The van der Waals surface area contributed by atoms with Gasteiger partial charge in [0.15, 0.2) is 11.5 Å². The molecule has 5 N–H and O–H groups in total. The van der Waals surface area contributed by atoms with Gasteiger partial charge in [-0.3, -0.25) is 0 Å². The topological polar surface area (TPSA) is 107 Å². The van der Waals surface area contributed by atoms with E-state index in [0.717, 1.165) is 70.7 Å². The highest BCUT2D eigenvalue weighted by Gasteiger charge is 2.16. The summed E-state index contributed by atoms with van der Waals surface area (Å²) in [6, 6.07) is 17.2. The first-order valence-electron chi connectivity index (χ1n) is 13.0. The quantitative estimate of drug-likeness (QED) is 0.139. The van der Waals surface area contributed by atoms with E-state index in [9.17, 15) is 0 Å². The van der Waals surface area contributed by atoms with Crippen molar-refractivity contribution in [3.8, 4) is 11.1 Å². The normalized spacial score (nSPS) is 14.2. The van der Waals surface area contributed by atoms with Gasteiger partial charge in [0.2, 0.25) is 0 Å². The van der Waals surface area contributed by atoms with E-state index < -0.39 is 0 Å². The molecule has 2 aromatic carbocycles. The summed E-state index contributed by atoms with van der Waals surface area (Å²) in [5, 5.41) is 4.04. The lowest BCUT2D eigenvalue weighted by Crippen LogP contribution is -2.23. The zero-order valence-electron chi connectivity index (χ0n) is 21.9. The number of aromatic nitrogens is 3. The van der Waals surface area contributed by atoms with E-state index in [1.54, 1.807) is 0 Å². The van der Waals surface area contributed by atoms with Crippen LogP contribution in [-0.2, 0) is 13.0 Å². The van der Waals surface area contributed by atoms with E-state index in [1.807, 2.05) is 13.0 Å². The van der Waals surface area contributed by atoms with Gasteiger partial charge in [0.25, 0.3) is 0 Å². The first-order valence-corrected chi connectivity index (χ1v) is 13.0. The fraction of sp³-hybridized carbons (Fsp3) is 0.300. The summed E-state index contributed by atoms with van der Waals surface area (Å²) in [5.41, 5.74) is 19.5. The number of nitrogens with two attached hydrogens (primary N) is 2. The van der Waals surface area contributed by atoms with E-state index in [0.29, 0.717) is 5.84 Å². The smallest absolute Gasteiger partial charge is 0.160 e. The van der Waals surface area contributed by atoms with Crippen molar-refractivity contribution in [2.75, 3.05) is 0 Å². The van der Waals surface area contributed by atoms with Gasteiger partial charge in [0.05, 0.1) is 6.54 Å². The number of hydrazine groups is 1. The van der Waals surface area contributed by atoms with E-state index >= 15 is 0 Å². The maximum atomic E-state index is 6.28. The van der Waals surface area contributed by atoms with Gasteiger partial charge in [0.1, 0.15) is 11.3 Å². The first-order chi connectivity index (χ1) is 18.0. The number of nitrogens with one attached hydrogen (secondary N) is 1. The van der Waals surface area contributed by atoms with Gasteiger partial charge in [-0.15, -0.1) is 5.10 Å². The molecular formula is C30H35N7. The van der Waals surface area contributed by atoms with Crippen LogP contribution in [0.5, 0.6) is 0 Å². The third-order valence-electron chi connectivity index (χ3n) is 7.17. The van der Waals surface area contributed by atoms with Gasteiger partial charge in [-0.1, -0.05) is 43.3 Å². The fourth-order valence-corrected chi connectivity index (χ4v) is 5.29. The second-order valence-corrected chi connectivity index (χ2v) is 9.78. The average molecular weight is 494 g/mol. The van der Waals surface area contributed by atoms with E-state index in [4.69, 9.17) is 21.5 Å². The molecule has 0 bridgehead atoms. The lowest BCUT2D eigenvalue weighted by molar-refractivity contribution is 0.742. The molecule has 2 aromatic heterocycles. The first kappa shape index (κ1) is 24.7. The molecule has 0 saturated heterocycles. The van der Waals surface area contributed by atoms with Crippen molar-refractivity contribution < 1.29 is 0 Å². The Balaban J connectivity index is 1.52. The molecule has 1 aliphatic rings. The minimum absolute atomic E-state index is 0.361. The molecule has 0 fully saturated rings. The van der Waals surface area contributed by atoms with Crippen LogP contribution in [0.1, 0.15) is 66.4 Å². The second-order valence-electron chi connectivity index (χ2n) is 9.78. The summed E-state index contributed by atoms with van der Waals surface area (Å²) in [5.74, 6) is 6.84. The maximum Gasteiger partial charge on any atom is 0.160 e. The summed E-state index contributed by atoms with van der Waals surface area (Å²) < 4.78 is 2.24. The van der Waals surface area contributed by atoms with Gasteiger partial charge in [-0.05, 0) is 91.1 Å². The van der Waals surface area contributed by atoms with Crippen LogP contribution >= 0.6 is 0 Å². The highest BCUT2D eigenvalue weighted by Crippen LogP contribution is 2.32. The molecule has 0 aliphatic heterocycles. The predicted octanol–water partition coefficient (Wildman–Crippen LogP) is 5.37. The lowest BCUT2D eigenvalue weighted by Gasteiger charge is -2.17. The summed E-state index contributed by atoms with van der Waals surface area (Å²) in [7, 11) is 0. The van der Waals surface area contributed by atoms with Crippen molar-refractivity contribution >= 4 is 22.6 Å². The van der Waals surface area contributed by atoms with Crippen molar-refractivity contribution in [2.45, 2.75) is 59.4 Å². The molecule has 7 nitrogen and oxygen atoms in total. The Hall–Kier alpha value is -3.97. The molecular weight excluding hydrogens is 458 g/mol. The van der Waals surface area contributed by atoms with Gasteiger partial charge in [-0.25, -0.2) is 21.3 Å². The van der Waals surface area contributed by atoms with Gasteiger partial charge in [-0.2, -0.15) is 0 Å². The molecule has 5 rings (SSSR count). The Morgan fingerprint density at radius 2 is 1.81 bits per heavy atom. The molecule has 0 unspecified atom stereocenters. The third kappa shape index (κ3) is 5.00. The van der Waals surface area contributed by atoms with Crippen LogP contribution < -0.4 is 17.1 Å². The fourth-order valence-electron chi connectivity index (χ4n) is 5.29. The molecule has 2 heterocycles. The Bertz CT molecular complexity index is 1490. The number of fused-ring (bicyclic) bond motifs is 1. The molecule has 190 valence electrons. The minimum Gasteiger partial charge on any atom is -0.382 e. The number of nitrogens with zero attached hydrogens (tertiary/aromatic N) is 4. The van der Waals surface area contributed by atoms with Gasteiger partial charge < -0.3 is 10.3 Å². The number of hydrazone groups is 1. The Kier molecular flexibility index (Phi) is 7.06. The monoisotopic (exact) mass is 493 g/mol. The molecule has 37 heavy (non-hydrogen) atoms. The standard InChI is InChI=1S/C30H35N7/c1-4-27-34-28-19(2)16-20(3)33-30(28)37(27)18-21-10-12-23(13-11-21)26-17-24(22-8-6-5-7-9-22)14-15-25(26)29(31)35-36-32/h8,10-17,36H,4-7,9,18,32H2,1-3H3,(H2,31,35). The number of amidine groups is 1. The van der Waals surface area contributed by atoms with E-state index in [2.05, 4.69) is 77.6 Å². The highest BCUT2D eigenvalue weighted by atomic mass is 15.5. The van der Waals surface area contributed by atoms with Crippen LogP contribution in [0.2, 0.25) is 0 Å². The van der Waals surface area contributed by atoms with Crippen molar-refractivity contribution in [1.82, 2.24) is 20.1 Å². The number of aryl methyl sites for hydroxylation is 3.